The molecule has 13 rings (SSSR count). The topological polar surface area (TPSA) is 30.7 Å². The first-order chi connectivity index (χ1) is 36.1. The lowest BCUT2D eigenvalue weighted by Gasteiger charge is -2.18. The number of aromatic nitrogens is 3. The van der Waals surface area contributed by atoms with Crippen molar-refractivity contribution >= 4 is 27.4 Å². The molecule has 1 atom stereocenters. The maximum Gasteiger partial charge on any atom is 0.136 e. The number of fused-ring (bicyclic) bond motifs is 3. The van der Waals surface area contributed by atoms with Crippen LogP contribution in [0.1, 0.15) is 23.7 Å². The van der Waals surface area contributed by atoms with Gasteiger partial charge in [0.2, 0.25) is 0 Å². The first-order valence-corrected chi connectivity index (χ1v) is 25.1. The molecule has 0 spiro atoms. The number of hydrogen-bond acceptors (Lipinski definition) is 2. The van der Waals surface area contributed by atoms with Crippen LogP contribution in [0.5, 0.6) is 0 Å². The van der Waals surface area contributed by atoms with Gasteiger partial charge in [-0.3, -0.25) is 0 Å². The van der Waals surface area contributed by atoms with Crippen LogP contribution in [0.25, 0.3) is 111 Å². The zero-order valence-corrected chi connectivity index (χ0v) is 40.2. The second-order valence-electron chi connectivity index (χ2n) is 18.9. The first-order valence-electron chi connectivity index (χ1n) is 25.1. The number of benzene rings is 10. The fourth-order valence-corrected chi connectivity index (χ4v) is 10.5. The first kappa shape index (κ1) is 43.6. The van der Waals surface area contributed by atoms with Gasteiger partial charge < -0.3 is 4.57 Å². The molecule has 1 unspecified atom stereocenters. The van der Waals surface area contributed by atoms with Crippen molar-refractivity contribution in [3.05, 3.63) is 290 Å². The number of hydrogen-bond donors (Lipinski definition) is 0. The van der Waals surface area contributed by atoms with Gasteiger partial charge in [-0.2, -0.15) is 0 Å². The molecular formula is C70H49N3. The van der Waals surface area contributed by atoms with Crippen LogP contribution in [-0.4, -0.2) is 14.5 Å². The summed E-state index contributed by atoms with van der Waals surface area (Å²) in [4.78, 5) is 10.5. The van der Waals surface area contributed by atoms with Gasteiger partial charge in [-0.25, -0.2) is 9.97 Å². The Hall–Kier alpha value is -9.44. The van der Waals surface area contributed by atoms with E-state index < -0.39 is 0 Å². The lowest BCUT2D eigenvalue weighted by molar-refractivity contribution is 0.777. The van der Waals surface area contributed by atoms with Crippen LogP contribution < -0.4 is 0 Å². The smallest absolute Gasteiger partial charge is 0.136 e. The third-order valence-electron chi connectivity index (χ3n) is 14.3. The molecule has 10 aromatic carbocycles. The molecule has 2 aromatic heterocycles. The van der Waals surface area contributed by atoms with Crippen molar-refractivity contribution in [3.63, 3.8) is 0 Å². The Kier molecular flexibility index (Phi) is 11.4. The van der Waals surface area contributed by atoms with Crippen LogP contribution in [0.15, 0.2) is 279 Å². The average molecular weight is 932 g/mol. The van der Waals surface area contributed by atoms with E-state index in [0.717, 1.165) is 46.0 Å². The molecule has 1 aliphatic rings. The number of nitrogens with zero attached hydrogens (tertiary/aromatic N) is 3. The number of rotatable bonds is 10. The molecule has 0 saturated carbocycles. The summed E-state index contributed by atoms with van der Waals surface area (Å²) < 4.78 is 2.42. The standard InChI is InChI=1S/C70H49N3/c1-4-16-48(17-5-1)55-22-12-25-58(42-55)59-26-13-23-56(43-59)50-32-36-53(37-33-50)67-47-66(52-20-8-3-9-21-52)71-70(72-67)54-38-34-51(35-39-54)57-24-14-27-60(44-57)62-40-41-65-64-30-10-11-31-68(64)73(69(65)46-62)63-29-15-28-61(45-63)49-18-6-2-7-19-49/h1-38,40-47,54H,39H2. The minimum Gasteiger partial charge on any atom is -0.309 e. The highest BCUT2D eigenvalue weighted by molar-refractivity contribution is 6.10. The molecule has 12 aromatic rings. The molecule has 0 saturated heterocycles. The third-order valence-corrected chi connectivity index (χ3v) is 14.3. The van der Waals surface area contributed by atoms with Gasteiger partial charge >= 0.3 is 0 Å². The Morgan fingerprint density at radius 2 is 0.740 bits per heavy atom. The number of allylic oxidation sites excluding steroid dienone is 4. The summed E-state index contributed by atoms with van der Waals surface area (Å²) in [6, 6.07) is 93.7. The Bertz CT molecular complexity index is 4030. The van der Waals surface area contributed by atoms with E-state index in [9.17, 15) is 0 Å². The molecule has 3 heteroatoms. The van der Waals surface area contributed by atoms with Crippen molar-refractivity contribution < 1.29 is 0 Å². The molecule has 3 nitrogen and oxygen atoms in total. The van der Waals surface area contributed by atoms with Crippen LogP contribution in [-0.2, 0) is 0 Å². The molecule has 0 aliphatic heterocycles. The lowest BCUT2D eigenvalue weighted by Crippen LogP contribution is -2.06. The molecule has 2 heterocycles. The van der Waals surface area contributed by atoms with E-state index in [2.05, 4.69) is 284 Å². The second kappa shape index (κ2) is 19.0. The molecule has 0 amide bonds. The predicted octanol–water partition coefficient (Wildman–Crippen LogP) is 18.4. The maximum atomic E-state index is 5.29. The molecule has 0 fully saturated rings. The fourth-order valence-electron chi connectivity index (χ4n) is 10.5. The average Bonchev–Trinajstić information content (AvgIpc) is 3.82. The van der Waals surface area contributed by atoms with Gasteiger partial charge in [-0.1, -0.05) is 231 Å². The minimum atomic E-state index is 0.0291. The van der Waals surface area contributed by atoms with Crippen molar-refractivity contribution in [2.45, 2.75) is 12.3 Å². The zero-order chi connectivity index (χ0) is 48.5. The van der Waals surface area contributed by atoms with E-state index in [1.807, 2.05) is 0 Å². The van der Waals surface area contributed by atoms with E-state index in [0.29, 0.717) is 0 Å². The Morgan fingerprint density at radius 3 is 1.34 bits per heavy atom. The van der Waals surface area contributed by atoms with E-state index in [-0.39, 0.29) is 5.92 Å². The summed E-state index contributed by atoms with van der Waals surface area (Å²) in [6.45, 7) is 0. The molecule has 73 heavy (non-hydrogen) atoms. The Morgan fingerprint density at radius 1 is 0.315 bits per heavy atom. The minimum absolute atomic E-state index is 0.0291. The van der Waals surface area contributed by atoms with Gasteiger partial charge in [0.1, 0.15) is 5.82 Å². The highest BCUT2D eigenvalue weighted by Gasteiger charge is 2.20. The summed E-state index contributed by atoms with van der Waals surface area (Å²) in [5, 5.41) is 2.49. The highest BCUT2D eigenvalue weighted by Crippen LogP contribution is 2.39. The van der Waals surface area contributed by atoms with E-state index in [4.69, 9.17) is 9.97 Å². The van der Waals surface area contributed by atoms with Crippen molar-refractivity contribution in [2.75, 3.05) is 0 Å². The van der Waals surface area contributed by atoms with Crippen LogP contribution in [0.3, 0.4) is 0 Å². The summed E-state index contributed by atoms with van der Waals surface area (Å²) >= 11 is 0. The van der Waals surface area contributed by atoms with Crippen LogP contribution >= 0.6 is 0 Å². The maximum absolute atomic E-state index is 5.29. The van der Waals surface area contributed by atoms with Gasteiger partial charge in [-0.15, -0.1) is 0 Å². The predicted molar refractivity (Wildman–Crippen MR) is 305 cm³/mol. The molecule has 1 aliphatic carbocycles. The van der Waals surface area contributed by atoms with Gasteiger partial charge in [0.25, 0.3) is 0 Å². The van der Waals surface area contributed by atoms with Gasteiger partial charge in [0.05, 0.1) is 22.4 Å². The SMILES string of the molecule is C1=CC(c2nc(-c3ccccc3)cc(-c3ccc(-c4cccc(-c5cccc(-c6ccccc6)c5)c4)cc3)n2)CC=C1c1cccc(-c2ccc3c4ccccc4n(-c4cccc(-c5ccccc5)c4)c3c2)c1. The van der Waals surface area contributed by atoms with Crippen LogP contribution in [0.4, 0.5) is 0 Å². The van der Waals surface area contributed by atoms with Crippen LogP contribution in [0.2, 0.25) is 0 Å². The van der Waals surface area contributed by atoms with Gasteiger partial charge in [0.15, 0.2) is 0 Å². The van der Waals surface area contributed by atoms with E-state index in [1.165, 1.54) is 83.0 Å². The summed E-state index contributed by atoms with van der Waals surface area (Å²) in [5.41, 5.74) is 21.8. The normalized spacial score (nSPS) is 13.3. The van der Waals surface area contributed by atoms with E-state index >= 15 is 0 Å². The number of para-hydroxylation sites is 1. The molecule has 344 valence electrons. The molecule has 0 bridgehead atoms. The summed E-state index contributed by atoms with van der Waals surface area (Å²) in [7, 11) is 0. The Balaban J connectivity index is 0.779. The third kappa shape index (κ3) is 8.68. The monoisotopic (exact) mass is 931 g/mol. The van der Waals surface area contributed by atoms with Crippen molar-refractivity contribution in [2.24, 2.45) is 0 Å². The molecular weight excluding hydrogens is 883 g/mol. The fraction of sp³-hybridized carbons (Fsp3) is 0.0286. The van der Waals surface area contributed by atoms with Gasteiger partial charge in [-0.05, 0) is 122 Å². The summed E-state index contributed by atoms with van der Waals surface area (Å²) in [5.74, 6) is 0.852. The highest BCUT2D eigenvalue weighted by atomic mass is 15.0. The lowest BCUT2D eigenvalue weighted by atomic mass is 9.91. The quantitative estimate of drug-likeness (QED) is 0.137. The Labute approximate surface area is 426 Å². The largest absolute Gasteiger partial charge is 0.309 e. The van der Waals surface area contributed by atoms with Crippen molar-refractivity contribution in [1.82, 2.24) is 14.5 Å². The van der Waals surface area contributed by atoms with Gasteiger partial charge in [0, 0.05) is 33.5 Å². The van der Waals surface area contributed by atoms with Crippen LogP contribution in [0, 0.1) is 0 Å². The van der Waals surface area contributed by atoms with E-state index in [1.54, 1.807) is 0 Å². The zero-order valence-electron chi connectivity index (χ0n) is 40.2. The molecule has 0 N–H and O–H groups in total. The van der Waals surface area contributed by atoms with Crippen molar-refractivity contribution in [3.8, 4) is 83.8 Å². The second-order valence-corrected chi connectivity index (χ2v) is 18.9. The summed E-state index contributed by atoms with van der Waals surface area (Å²) in [6.07, 6.45) is 7.69. The molecule has 0 radical (unpaired) electrons. The van der Waals surface area contributed by atoms with Crippen molar-refractivity contribution in [1.29, 1.82) is 0 Å².